The van der Waals surface area contributed by atoms with E-state index in [4.69, 9.17) is 9.47 Å². The van der Waals surface area contributed by atoms with Gasteiger partial charge in [0.25, 0.3) is 0 Å². The maximum Gasteiger partial charge on any atom is 0.420 e. The van der Waals surface area contributed by atoms with Crippen LogP contribution < -0.4 is 0 Å². The highest BCUT2D eigenvalue weighted by atomic mass is 127. The van der Waals surface area contributed by atoms with E-state index in [2.05, 4.69) is 32.7 Å². The number of carbonyl (C=O) groups is 2. The summed E-state index contributed by atoms with van der Waals surface area (Å²) in [4.78, 5) is 31.8. The highest BCUT2D eigenvalue weighted by Gasteiger charge is 2.40. The summed E-state index contributed by atoms with van der Waals surface area (Å²) in [6.07, 6.45) is 4.05. The lowest BCUT2D eigenvalue weighted by Gasteiger charge is -2.36. The lowest BCUT2D eigenvalue weighted by Crippen LogP contribution is -2.53. The Morgan fingerprint density at radius 3 is 2.23 bits per heavy atom. The first-order valence-corrected chi connectivity index (χ1v) is 14.5. The zero-order valence-electron chi connectivity index (χ0n) is 24.7. The molecule has 8 nitrogen and oxygen atoms in total. The van der Waals surface area contributed by atoms with E-state index in [9.17, 15) is 9.59 Å². The summed E-state index contributed by atoms with van der Waals surface area (Å²) >= 11 is 2.15. The Bertz CT molecular complexity index is 1470. The summed E-state index contributed by atoms with van der Waals surface area (Å²) in [5, 5.41) is 5.53. The van der Waals surface area contributed by atoms with Crippen LogP contribution in [0.2, 0.25) is 0 Å². The lowest BCUT2D eigenvalue weighted by atomic mass is 9.94. The van der Waals surface area contributed by atoms with Crippen molar-refractivity contribution in [3.8, 4) is 11.1 Å². The third kappa shape index (κ3) is 6.42. The Hall–Kier alpha value is -2.76. The van der Waals surface area contributed by atoms with Crippen molar-refractivity contribution in [2.45, 2.75) is 97.3 Å². The number of carbonyl (C=O) groups excluding carboxylic acids is 2. The van der Waals surface area contributed by atoms with Crippen molar-refractivity contribution < 1.29 is 23.5 Å². The summed E-state index contributed by atoms with van der Waals surface area (Å²) in [6.45, 7) is 13.8. The van der Waals surface area contributed by atoms with Crippen molar-refractivity contribution in [3.05, 3.63) is 45.3 Å². The Morgan fingerprint density at radius 2 is 1.65 bits per heavy atom. The van der Waals surface area contributed by atoms with Crippen LogP contribution in [0.5, 0.6) is 0 Å². The van der Waals surface area contributed by atoms with Gasteiger partial charge in [0.15, 0.2) is 0 Å². The molecular formula is C30H38FIN4O4. The van der Waals surface area contributed by atoms with Gasteiger partial charge in [-0.15, -0.1) is 0 Å². The number of aryl methyl sites for hydroxylation is 1. The molecule has 2 heterocycles. The lowest BCUT2D eigenvalue weighted by molar-refractivity contribution is -0.0208. The molecule has 4 rings (SSSR count). The second-order valence-corrected chi connectivity index (χ2v) is 14.2. The van der Waals surface area contributed by atoms with E-state index in [-0.39, 0.29) is 12.2 Å². The van der Waals surface area contributed by atoms with E-state index in [1.807, 2.05) is 17.8 Å². The molecule has 0 spiro atoms. The van der Waals surface area contributed by atoms with Crippen LogP contribution in [0.1, 0.15) is 85.5 Å². The predicted octanol–water partition coefficient (Wildman–Crippen LogP) is 7.75. The molecule has 0 N–H and O–H groups in total. The minimum atomic E-state index is -1.12. The number of fused-ring (bicyclic) bond motifs is 1. The minimum absolute atomic E-state index is 0.126. The number of ether oxygens (including phenoxy) is 2. The van der Waals surface area contributed by atoms with Gasteiger partial charge in [0, 0.05) is 62.3 Å². The molecule has 0 radical (unpaired) electrons. The SMILES string of the molecule is Cn1ncc(-c2ccc3c(I)cnc(CC(C)(C)OC(=O)N(C(=O)OC(C)(C)C)C(C)(C)C)c3c2F)c1C1CC1. The van der Waals surface area contributed by atoms with Gasteiger partial charge < -0.3 is 9.47 Å². The van der Waals surface area contributed by atoms with Crippen LogP contribution in [0.25, 0.3) is 21.9 Å². The summed E-state index contributed by atoms with van der Waals surface area (Å²) in [5.41, 5.74) is -0.0349. The molecule has 10 heteroatoms. The fraction of sp³-hybridized carbons (Fsp3) is 0.533. The topological polar surface area (TPSA) is 86.5 Å². The normalized spacial score (nSPS) is 14.4. The molecule has 0 atom stereocenters. The molecule has 216 valence electrons. The number of imide groups is 1. The van der Waals surface area contributed by atoms with Gasteiger partial charge in [-0.3, -0.25) is 9.67 Å². The zero-order valence-corrected chi connectivity index (χ0v) is 26.8. The quantitative estimate of drug-likeness (QED) is 0.260. The van der Waals surface area contributed by atoms with Gasteiger partial charge in [-0.25, -0.2) is 18.9 Å². The molecule has 3 aromatic rings. The van der Waals surface area contributed by atoms with E-state index in [1.54, 1.807) is 73.8 Å². The van der Waals surface area contributed by atoms with Gasteiger partial charge in [-0.2, -0.15) is 5.10 Å². The number of amides is 2. The minimum Gasteiger partial charge on any atom is -0.443 e. The maximum atomic E-state index is 16.4. The Morgan fingerprint density at radius 1 is 1.02 bits per heavy atom. The Kier molecular flexibility index (Phi) is 7.98. The molecule has 1 aromatic carbocycles. The van der Waals surface area contributed by atoms with Gasteiger partial charge in [0.05, 0.1) is 11.9 Å². The number of pyridine rings is 1. The molecule has 1 fully saturated rings. The second kappa shape index (κ2) is 10.6. The number of benzene rings is 1. The van der Waals surface area contributed by atoms with Gasteiger partial charge in [0.2, 0.25) is 0 Å². The van der Waals surface area contributed by atoms with Crippen molar-refractivity contribution in [1.82, 2.24) is 19.7 Å². The molecule has 0 saturated heterocycles. The Labute approximate surface area is 248 Å². The van der Waals surface area contributed by atoms with E-state index in [1.165, 1.54) is 0 Å². The van der Waals surface area contributed by atoms with Crippen LogP contribution in [0.4, 0.5) is 14.0 Å². The van der Waals surface area contributed by atoms with E-state index in [0.29, 0.717) is 22.6 Å². The average molecular weight is 665 g/mol. The first-order valence-electron chi connectivity index (χ1n) is 13.4. The summed E-state index contributed by atoms with van der Waals surface area (Å²) < 4.78 is 30.4. The first-order chi connectivity index (χ1) is 18.4. The van der Waals surface area contributed by atoms with Crippen LogP contribution >= 0.6 is 22.6 Å². The number of hydrogen-bond acceptors (Lipinski definition) is 6. The molecular weight excluding hydrogens is 626 g/mol. The molecule has 1 aliphatic carbocycles. The van der Waals surface area contributed by atoms with Crippen molar-refractivity contribution in [3.63, 3.8) is 0 Å². The zero-order chi connectivity index (χ0) is 29.8. The number of halogens is 2. The van der Waals surface area contributed by atoms with Crippen molar-refractivity contribution >= 4 is 45.5 Å². The molecule has 0 unspecified atom stereocenters. The number of nitrogens with zero attached hydrogens (tertiary/aromatic N) is 4. The van der Waals surface area contributed by atoms with E-state index < -0.39 is 28.9 Å². The molecule has 0 aliphatic heterocycles. The Balaban J connectivity index is 1.69. The van der Waals surface area contributed by atoms with Crippen LogP contribution in [0.3, 0.4) is 0 Å². The second-order valence-electron chi connectivity index (χ2n) is 13.0. The monoisotopic (exact) mass is 664 g/mol. The van der Waals surface area contributed by atoms with Crippen LogP contribution in [-0.4, -0.2) is 48.6 Å². The van der Waals surface area contributed by atoms with Crippen molar-refractivity contribution in [1.29, 1.82) is 0 Å². The fourth-order valence-corrected chi connectivity index (χ4v) is 5.40. The van der Waals surface area contributed by atoms with E-state index >= 15 is 4.39 Å². The van der Waals surface area contributed by atoms with Gasteiger partial charge in [0.1, 0.15) is 17.0 Å². The summed E-state index contributed by atoms with van der Waals surface area (Å²) in [7, 11) is 1.89. The van der Waals surface area contributed by atoms with Gasteiger partial charge >= 0.3 is 12.2 Å². The van der Waals surface area contributed by atoms with Crippen LogP contribution in [0, 0.1) is 9.39 Å². The van der Waals surface area contributed by atoms with Crippen LogP contribution in [-0.2, 0) is 22.9 Å². The van der Waals surface area contributed by atoms with E-state index in [0.717, 1.165) is 38.0 Å². The molecule has 0 bridgehead atoms. The summed E-state index contributed by atoms with van der Waals surface area (Å²) in [6, 6.07) is 3.72. The largest absolute Gasteiger partial charge is 0.443 e. The highest BCUT2D eigenvalue weighted by molar-refractivity contribution is 14.1. The third-order valence-corrected chi connectivity index (χ3v) is 7.51. The molecule has 1 saturated carbocycles. The predicted molar refractivity (Wildman–Crippen MR) is 161 cm³/mol. The smallest absolute Gasteiger partial charge is 0.420 e. The number of rotatable bonds is 5. The van der Waals surface area contributed by atoms with Crippen molar-refractivity contribution in [2.24, 2.45) is 7.05 Å². The van der Waals surface area contributed by atoms with Gasteiger partial charge in [-0.05, 0) is 90.8 Å². The molecule has 2 aromatic heterocycles. The average Bonchev–Trinajstić information content (AvgIpc) is 3.54. The molecule has 40 heavy (non-hydrogen) atoms. The molecule has 2 amide bonds. The third-order valence-electron chi connectivity index (χ3n) is 6.65. The maximum absolute atomic E-state index is 16.4. The van der Waals surface area contributed by atoms with Crippen molar-refractivity contribution in [2.75, 3.05) is 0 Å². The molecule has 1 aliphatic rings. The fourth-order valence-electron chi connectivity index (χ4n) is 4.81. The number of hydrogen-bond donors (Lipinski definition) is 0. The first kappa shape index (κ1) is 30.2. The van der Waals surface area contributed by atoms with Crippen LogP contribution in [0.15, 0.2) is 24.5 Å². The summed E-state index contributed by atoms with van der Waals surface area (Å²) in [5.74, 6) is 0.0146. The standard InChI is InChI=1S/C30H38FIN4O4/c1-28(2,3)36(26(37)39-29(4,5)6)27(38)40-30(7,8)14-22-23-19(21(32)16-33-22)13-12-18(24(23)31)20-15-34-35(9)25(20)17-10-11-17/h12-13,15-17H,10-11,14H2,1-9H3. The van der Waals surface area contributed by atoms with Gasteiger partial charge in [-0.1, -0.05) is 12.1 Å². The highest BCUT2D eigenvalue weighted by Crippen LogP contribution is 2.45. The number of aromatic nitrogens is 3.